The minimum atomic E-state index is -1.16. The van der Waals surface area contributed by atoms with Crippen LogP contribution in [0.3, 0.4) is 0 Å². The fourth-order valence-corrected chi connectivity index (χ4v) is 1.84. The molecule has 1 N–H and O–H groups in total. The first-order valence-corrected chi connectivity index (χ1v) is 7.60. The second-order valence-corrected chi connectivity index (χ2v) is 6.15. The molecule has 0 radical (unpaired) electrons. The van der Waals surface area contributed by atoms with E-state index in [2.05, 4.69) is 5.32 Å². The molecule has 0 aromatic heterocycles. The predicted molar refractivity (Wildman–Crippen MR) is 87.5 cm³/mol. The van der Waals surface area contributed by atoms with Gasteiger partial charge in [0, 0.05) is 7.05 Å². The summed E-state index contributed by atoms with van der Waals surface area (Å²) in [7, 11) is 1.45. The molecule has 0 saturated carbocycles. The summed E-state index contributed by atoms with van der Waals surface area (Å²) in [4.78, 5) is 40.8. The summed E-state index contributed by atoms with van der Waals surface area (Å²) in [6, 6.07) is 8.01. The van der Waals surface area contributed by atoms with Crippen LogP contribution < -0.4 is 5.32 Å². The Kier molecular flexibility index (Phi) is 7.38. The van der Waals surface area contributed by atoms with E-state index in [-0.39, 0.29) is 13.0 Å². The van der Waals surface area contributed by atoms with Crippen molar-refractivity contribution in [2.75, 3.05) is 7.05 Å². The maximum absolute atomic E-state index is 12.3. The van der Waals surface area contributed by atoms with Crippen LogP contribution in [0.2, 0.25) is 0 Å². The lowest BCUT2D eigenvalue weighted by atomic mass is 10.1. The molecular weight excluding hydrogens is 312 g/mol. The maximum Gasteiger partial charge on any atom is 0.332 e. The Hall–Kier alpha value is -2.41. The monoisotopic (exact) mass is 336 g/mol. The third kappa shape index (κ3) is 6.78. The molecule has 0 aliphatic heterocycles. The lowest BCUT2D eigenvalue weighted by molar-refractivity contribution is -0.208. The van der Waals surface area contributed by atoms with Crippen molar-refractivity contribution < 1.29 is 24.0 Å². The molecule has 0 heterocycles. The van der Waals surface area contributed by atoms with Gasteiger partial charge in [0.1, 0.15) is 12.2 Å². The van der Waals surface area contributed by atoms with Crippen molar-refractivity contribution >= 4 is 18.3 Å². The quantitative estimate of drug-likeness (QED) is 0.441. The van der Waals surface area contributed by atoms with Gasteiger partial charge in [-0.3, -0.25) is 14.4 Å². The number of rotatable bonds is 8. The Morgan fingerprint density at radius 3 is 2.38 bits per heavy atom. The Morgan fingerprint density at radius 2 is 1.88 bits per heavy atom. The van der Waals surface area contributed by atoms with Crippen LogP contribution in [0.15, 0.2) is 30.3 Å². The number of hydroxylamine groups is 2. The second-order valence-electron chi connectivity index (χ2n) is 6.15. The summed E-state index contributed by atoms with van der Waals surface area (Å²) < 4.78 is 5.28. The van der Waals surface area contributed by atoms with Gasteiger partial charge in [-0.1, -0.05) is 30.3 Å². The average Bonchev–Trinajstić information content (AvgIpc) is 2.53. The molecule has 0 aliphatic carbocycles. The van der Waals surface area contributed by atoms with E-state index in [1.165, 1.54) is 7.05 Å². The lowest BCUT2D eigenvalue weighted by Gasteiger charge is -2.28. The first-order chi connectivity index (χ1) is 11.3. The number of hydrogen-bond donors (Lipinski definition) is 1. The fourth-order valence-electron chi connectivity index (χ4n) is 1.84. The molecule has 0 spiro atoms. The van der Waals surface area contributed by atoms with Crippen molar-refractivity contribution in [3.05, 3.63) is 35.9 Å². The van der Waals surface area contributed by atoms with Crippen molar-refractivity contribution in [2.45, 2.75) is 45.4 Å². The molecule has 0 bridgehead atoms. The third-order valence-corrected chi connectivity index (χ3v) is 2.97. The summed E-state index contributed by atoms with van der Waals surface area (Å²) in [6.07, 6.45) is 0.124. The van der Waals surface area contributed by atoms with E-state index in [4.69, 9.17) is 9.57 Å². The molecular formula is C17H24N2O5. The number of hydrogen-bond acceptors (Lipinski definition) is 5. The molecule has 1 aromatic carbocycles. The number of esters is 1. The minimum Gasteiger partial charge on any atom is -0.458 e. The first kappa shape index (κ1) is 19.6. The van der Waals surface area contributed by atoms with Gasteiger partial charge >= 0.3 is 5.97 Å². The number of benzene rings is 1. The Labute approximate surface area is 141 Å². The van der Waals surface area contributed by atoms with Gasteiger partial charge in [-0.25, -0.2) is 9.86 Å². The zero-order valence-corrected chi connectivity index (χ0v) is 14.4. The van der Waals surface area contributed by atoms with Crippen LogP contribution >= 0.6 is 0 Å². The molecule has 0 aliphatic rings. The van der Waals surface area contributed by atoms with Gasteiger partial charge in [0.2, 0.25) is 12.3 Å². The highest BCUT2D eigenvalue weighted by Gasteiger charge is 2.32. The largest absolute Gasteiger partial charge is 0.458 e. The molecule has 1 rings (SSSR count). The first-order valence-electron chi connectivity index (χ1n) is 7.60. The van der Waals surface area contributed by atoms with Gasteiger partial charge in [0.25, 0.3) is 0 Å². The minimum absolute atomic E-state index is 0.0899. The fraction of sp³-hybridized carbons (Fsp3) is 0.471. The van der Waals surface area contributed by atoms with Crippen molar-refractivity contribution in [2.24, 2.45) is 0 Å². The van der Waals surface area contributed by atoms with Crippen molar-refractivity contribution in [3.8, 4) is 0 Å². The van der Waals surface area contributed by atoms with Crippen molar-refractivity contribution in [3.63, 3.8) is 0 Å². The normalized spacial score (nSPS) is 12.2. The molecule has 2 amide bonds. The number of carbonyl (C=O) groups excluding carboxylic acids is 3. The highest BCUT2D eigenvalue weighted by atomic mass is 16.7. The van der Waals surface area contributed by atoms with E-state index < -0.39 is 23.5 Å². The Morgan fingerprint density at radius 1 is 1.25 bits per heavy atom. The third-order valence-electron chi connectivity index (χ3n) is 2.97. The molecule has 1 atom stereocenters. The summed E-state index contributed by atoms with van der Waals surface area (Å²) in [5.74, 6) is -1.10. The average molecular weight is 336 g/mol. The van der Waals surface area contributed by atoms with E-state index in [9.17, 15) is 14.4 Å². The van der Waals surface area contributed by atoms with Gasteiger partial charge in [0.05, 0.1) is 6.42 Å². The standard InChI is InChI=1S/C17H24N2O5/c1-17(2,3)24-16(22)14(10-15(21)18-4)19(12-20)23-11-13-8-6-5-7-9-13/h5-9,12,14H,10-11H2,1-4H3,(H,18,21). The molecule has 1 unspecified atom stereocenters. The van der Waals surface area contributed by atoms with Crippen LogP contribution in [0.1, 0.15) is 32.8 Å². The van der Waals surface area contributed by atoms with Gasteiger partial charge in [0.15, 0.2) is 6.04 Å². The van der Waals surface area contributed by atoms with Gasteiger partial charge in [-0.05, 0) is 26.3 Å². The van der Waals surface area contributed by atoms with Gasteiger partial charge in [-0.2, -0.15) is 0 Å². The van der Waals surface area contributed by atoms with Crippen molar-refractivity contribution in [1.82, 2.24) is 10.4 Å². The molecule has 132 valence electrons. The van der Waals surface area contributed by atoms with E-state index >= 15 is 0 Å². The number of ether oxygens (including phenoxy) is 1. The number of amides is 2. The van der Waals surface area contributed by atoms with Crippen LogP contribution in [0, 0.1) is 0 Å². The number of nitrogens with one attached hydrogen (secondary N) is 1. The molecule has 0 fully saturated rings. The Balaban J connectivity index is 2.85. The van der Waals surface area contributed by atoms with E-state index in [0.717, 1.165) is 10.6 Å². The van der Waals surface area contributed by atoms with E-state index in [0.29, 0.717) is 6.41 Å². The molecule has 7 nitrogen and oxygen atoms in total. The van der Waals surface area contributed by atoms with Crippen molar-refractivity contribution in [1.29, 1.82) is 0 Å². The van der Waals surface area contributed by atoms with Gasteiger partial charge in [-0.15, -0.1) is 0 Å². The summed E-state index contributed by atoms with van der Waals surface area (Å²) in [6.45, 7) is 5.21. The number of nitrogens with zero attached hydrogens (tertiary/aromatic N) is 1. The smallest absolute Gasteiger partial charge is 0.332 e. The zero-order valence-electron chi connectivity index (χ0n) is 14.4. The Bertz CT molecular complexity index is 554. The van der Waals surface area contributed by atoms with Gasteiger partial charge < -0.3 is 10.1 Å². The number of carbonyl (C=O) groups is 3. The summed E-state index contributed by atoms with van der Waals surface area (Å²) in [5, 5.41) is 3.25. The van der Waals surface area contributed by atoms with E-state index in [1.807, 2.05) is 30.3 Å². The SMILES string of the molecule is CNC(=O)CC(C(=O)OC(C)(C)C)N(C=O)OCc1ccccc1. The van der Waals surface area contributed by atoms with E-state index in [1.54, 1.807) is 20.8 Å². The highest BCUT2D eigenvalue weighted by Crippen LogP contribution is 2.14. The maximum atomic E-state index is 12.3. The summed E-state index contributed by atoms with van der Waals surface area (Å²) >= 11 is 0. The highest BCUT2D eigenvalue weighted by molar-refractivity contribution is 5.86. The zero-order chi connectivity index (χ0) is 18.2. The topological polar surface area (TPSA) is 84.9 Å². The lowest BCUT2D eigenvalue weighted by Crippen LogP contribution is -2.46. The van der Waals surface area contributed by atoms with Crippen LogP contribution in [0.5, 0.6) is 0 Å². The summed E-state index contributed by atoms with van der Waals surface area (Å²) in [5.41, 5.74) is 0.0821. The molecule has 0 saturated heterocycles. The second kappa shape index (κ2) is 9.02. The molecule has 24 heavy (non-hydrogen) atoms. The molecule has 7 heteroatoms. The van der Waals surface area contributed by atoms with Crippen LogP contribution in [-0.4, -0.2) is 42.0 Å². The van der Waals surface area contributed by atoms with Crippen LogP contribution in [0.25, 0.3) is 0 Å². The predicted octanol–water partition coefficient (Wildman–Crippen LogP) is 1.42. The molecule has 1 aromatic rings. The van der Waals surface area contributed by atoms with Crippen LogP contribution in [0.4, 0.5) is 0 Å². The van der Waals surface area contributed by atoms with Crippen LogP contribution in [-0.2, 0) is 30.6 Å².